The zero-order chi connectivity index (χ0) is 23.4. The van der Waals surface area contributed by atoms with Crippen LogP contribution < -0.4 is 21.7 Å². The maximum atomic E-state index is 12.4. The first-order chi connectivity index (χ1) is 13.8. The molecule has 0 radical (unpaired) electrons. The third-order valence-electron chi connectivity index (χ3n) is 3.83. The largest absolute Gasteiger partial charge is 0.449 e. The Balaban J connectivity index is 5.15. The predicted octanol–water partition coefficient (Wildman–Crippen LogP) is 2.65. The third kappa shape index (κ3) is 13.9. The molecule has 0 aliphatic carbocycles. The van der Waals surface area contributed by atoms with E-state index in [1.807, 2.05) is 27.7 Å². The predicted molar refractivity (Wildman–Crippen MR) is 114 cm³/mol. The van der Waals surface area contributed by atoms with Gasteiger partial charge in [-0.05, 0) is 61.4 Å². The molecule has 0 aliphatic heterocycles. The van der Waals surface area contributed by atoms with Gasteiger partial charge in [-0.3, -0.25) is 0 Å². The van der Waals surface area contributed by atoms with Gasteiger partial charge >= 0.3 is 18.3 Å². The number of nitrogens with one attached hydrogen (secondary N) is 3. The number of carbonyl (C=O) groups is 3. The molecule has 0 heterocycles. The summed E-state index contributed by atoms with van der Waals surface area (Å²) < 4.78 is 15.8. The summed E-state index contributed by atoms with van der Waals surface area (Å²) in [4.78, 5) is 36.0. The van der Waals surface area contributed by atoms with E-state index in [2.05, 4.69) is 16.0 Å². The number of ether oxygens (including phenoxy) is 3. The summed E-state index contributed by atoms with van der Waals surface area (Å²) in [5, 5.41) is 8.12. The lowest BCUT2D eigenvalue weighted by Gasteiger charge is -2.35. The van der Waals surface area contributed by atoms with Crippen molar-refractivity contribution in [2.24, 2.45) is 5.73 Å². The molecule has 0 saturated heterocycles. The highest BCUT2D eigenvalue weighted by Crippen LogP contribution is 2.22. The Hall–Kier alpha value is -2.23. The first-order valence-corrected chi connectivity index (χ1v) is 10.4. The second-order valence-corrected chi connectivity index (χ2v) is 8.82. The molecule has 10 nitrogen and oxygen atoms in total. The molecule has 0 rings (SSSR count). The number of nitrogens with two attached hydrogens (primary N) is 1. The molecule has 0 spiro atoms. The fourth-order valence-corrected chi connectivity index (χ4v) is 2.59. The molecule has 0 saturated carbocycles. The van der Waals surface area contributed by atoms with Crippen LogP contribution in [0.5, 0.6) is 0 Å². The summed E-state index contributed by atoms with van der Waals surface area (Å²) in [7, 11) is 0. The molecular formula is C20H40N4O6. The van der Waals surface area contributed by atoms with Crippen molar-refractivity contribution in [2.45, 2.75) is 91.0 Å². The molecule has 0 fully saturated rings. The zero-order valence-corrected chi connectivity index (χ0v) is 19.4. The standard InChI is InChI=1S/C20H40N4O6/c1-14(2)22-16(25)28-12-9-20(8-11-21,24-18(27)30-19(5,6)7)10-13-29-17(26)23-15(3)4/h14-15H,8-13,21H2,1-7H3,(H,22,25)(H,23,26)(H,24,27). The van der Waals surface area contributed by atoms with Gasteiger partial charge in [-0.2, -0.15) is 0 Å². The highest BCUT2D eigenvalue weighted by molar-refractivity contribution is 5.69. The van der Waals surface area contributed by atoms with Crippen molar-refractivity contribution < 1.29 is 28.6 Å². The second kappa shape index (κ2) is 13.1. The van der Waals surface area contributed by atoms with Crippen molar-refractivity contribution in [3.63, 3.8) is 0 Å². The molecule has 3 amide bonds. The first-order valence-electron chi connectivity index (χ1n) is 10.4. The average Bonchev–Trinajstić information content (AvgIpc) is 2.51. The normalized spacial score (nSPS) is 11.8. The van der Waals surface area contributed by atoms with Crippen molar-refractivity contribution in [3.05, 3.63) is 0 Å². The van der Waals surface area contributed by atoms with Gasteiger partial charge in [0.05, 0.1) is 18.8 Å². The Labute approximate surface area is 179 Å². The van der Waals surface area contributed by atoms with E-state index >= 15 is 0 Å². The first kappa shape index (κ1) is 27.8. The molecular weight excluding hydrogens is 392 g/mol. The van der Waals surface area contributed by atoms with Crippen molar-refractivity contribution in [1.29, 1.82) is 0 Å². The highest BCUT2D eigenvalue weighted by Gasteiger charge is 2.33. The molecule has 176 valence electrons. The number of rotatable bonds is 11. The number of carbonyl (C=O) groups excluding carboxylic acids is 3. The average molecular weight is 433 g/mol. The van der Waals surface area contributed by atoms with Crippen LogP contribution in [-0.2, 0) is 14.2 Å². The van der Waals surface area contributed by atoms with Gasteiger partial charge in [0, 0.05) is 24.9 Å². The van der Waals surface area contributed by atoms with Crippen LogP contribution in [0.25, 0.3) is 0 Å². The van der Waals surface area contributed by atoms with Crippen molar-refractivity contribution >= 4 is 18.3 Å². The number of amides is 3. The van der Waals surface area contributed by atoms with Gasteiger partial charge < -0.3 is 35.9 Å². The van der Waals surface area contributed by atoms with E-state index in [9.17, 15) is 14.4 Å². The monoisotopic (exact) mass is 432 g/mol. The van der Waals surface area contributed by atoms with Crippen LogP contribution in [0.2, 0.25) is 0 Å². The van der Waals surface area contributed by atoms with E-state index in [4.69, 9.17) is 19.9 Å². The Bertz CT molecular complexity index is 518. The summed E-state index contributed by atoms with van der Waals surface area (Å²) in [6.45, 7) is 12.9. The molecule has 0 bridgehead atoms. The molecule has 30 heavy (non-hydrogen) atoms. The maximum Gasteiger partial charge on any atom is 0.408 e. The highest BCUT2D eigenvalue weighted by atomic mass is 16.6. The third-order valence-corrected chi connectivity index (χ3v) is 3.83. The summed E-state index contributed by atoms with van der Waals surface area (Å²) in [5.74, 6) is 0. The fraction of sp³-hybridized carbons (Fsp3) is 0.850. The molecule has 0 aliphatic rings. The van der Waals surface area contributed by atoms with Gasteiger partial charge in [0.2, 0.25) is 0 Å². The minimum absolute atomic E-state index is 0.0482. The lowest BCUT2D eigenvalue weighted by atomic mass is 9.88. The molecule has 0 aromatic heterocycles. The van der Waals surface area contributed by atoms with E-state index in [1.165, 1.54) is 0 Å². The molecule has 10 heteroatoms. The van der Waals surface area contributed by atoms with Gasteiger partial charge in [0.25, 0.3) is 0 Å². The maximum absolute atomic E-state index is 12.4. The number of hydrogen-bond acceptors (Lipinski definition) is 7. The quantitative estimate of drug-likeness (QED) is 0.368. The Morgan fingerprint density at radius 3 is 1.57 bits per heavy atom. The van der Waals surface area contributed by atoms with Crippen LogP contribution in [0.3, 0.4) is 0 Å². The van der Waals surface area contributed by atoms with E-state index in [0.29, 0.717) is 6.42 Å². The van der Waals surface area contributed by atoms with Crippen molar-refractivity contribution in [1.82, 2.24) is 16.0 Å². The van der Waals surface area contributed by atoms with Crippen LogP contribution in [0.15, 0.2) is 0 Å². The SMILES string of the molecule is CC(C)NC(=O)OCCC(CCN)(CCOC(=O)NC(C)C)NC(=O)OC(C)(C)C. The Morgan fingerprint density at radius 2 is 1.23 bits per heavy atom. The van der Waals surface area contributed by atoms with Gasteiger partial charge in [0.15, 0.2) is 0 Å². The summed E-state index contributed by atoms with van der Waals surface area (Å²) >= 11 is 0. The zero-order valence-electron chi connectivity index (χ0n) is 19.4. The minimum atomic E-state index is -0.868. The molecule has 0 aromatic carbocycles. The molecule has 0 unspecified atom stereocenters. The van der Waals surface area contributed by atoms with E-state index < -0.39 is 29.4 Å². The Morgan fingerprint density at radius 1 is 0.800 bits per heavy atom. The lowest BCUT2D eigenvalue weighted by Crippen LogP contribution is -2.53. The van der Waals surface area contributed by atoms with Crippen LogP contribution in [-0.4, -0.2) is 61.3 Å². The van der Waals surface area contributed by atoms with Gasteiger partial charge in [-0.25, -0.2) is 14.4 Å². The van der Waals surface area contributed by atoms with Crippen LogP contribution in [0.1, 0.15) is 67.7 Å². The molecule has 0 atom stereocenters. The number of hydrogen-bond donors (Lipinski definition) is 4. The van der Waals surface area contributed by atoms with Gasteiger partial charge in [-0.15, -0.1) is 0 Å². The molecule has 0 aromatic rings. The topological polar surface area (TPSA) is 141 Å². The van der Waals surface area contributed by atoms with Crippen molar-refractivity contribution in [2.75, 3.05) is 19.8 Å². The molecule has 5 N–H and O–H groups in total. The van der Waals surface area contributed by atoms with E-state index in [1.54, 1.807) is 20.8 Å². The number of alkyl carbamates (subject to hydrolysis) is 3. The fourth-order valence-electron chi connectivity index (χ4n) is 2.59. The lowest BCUT2D eigenvalue weighted by molar-refractivity contribution is 0.0392. The van der Waals surface area contributed by atoms with Crippen molar-refractivity contribution in [3.8, 4) is 0 Å². The smallest absolute Gasteiger partial charge is 0.408 e. The van der Waals surface area contributed by atoms with Crippen LogP contribution in [0.4, 0.5) is 14.4 Å². The second-order valence-electron chi connectivity index (χ2n) is 8.82. The van der Waals surface area contributed by atoms with Crippen LogP contribution in [0, 0.1) is 0 Å². The van der Waals surface area contributed by atoms with E-state index in [-0.39, 0.29) is 44.7 Å². The minimum Gasteiger partial charge on any atom is -0.449 e. The summed E-state index contributed by atoms with van der Waals surface area (Å²) in [6.07, 6.45) is -0.757. The van der Waals surface area contributed by atoms with Gasteiger partial charge in [-0.1, -0.05) is 0 Å². The van der Waals surface area contributed by atoms with Crippen LogP contribution >= 0.6 is 0 Å². The van der Waals surface area contributed by atoms with Gasteiger partial charge in [0.1, 0.15) is 5.60 Å². The summed E-state index contributed by atoms with van der Waals surface area (Å²) in [5.41, 5.74) is 4.23. The van der Waals surface area contributed by atoms with E-state index in [0.717, 1.165) is 0 Å². The summed E-state index contributed by atoms with van der Waals surface area (Å²) in [6, 6.07) is -0.113. The Kier molecular flexibility index (Phi) is 12.2.